The number of rotatable bonds is 11. The summed E-state index contributed by atoms with van der Waals surface area (Å²) in [5, 5.41) is 23.3. The topological polar surface area (TPSA) is 99.1 Å². The summed E-state index contributed by atoms with van der Waals surface area (Å²) in [7, 11) is 0. The number of ether oxygens (including phenoxy) is 1. The maximum Gasteiger partial charge on any atom is 0.247 e. The molecule has 3 N–H and O–H groups in total. The molecule has 3 rings (SSSR count). The molecule has 2 aliphatic rings. The van der Waals surface area contributed by atoms with E-state index in [4.69, 9.17) is 4.74 Å². The lowest BCUT2D eigenvalue weighted by atomic mass is 9.77. The Morgan fingerprint density at radius 2 is 1.94 bits per heavy atom. The molecule has 0 saturated heterocycles. The van der Waals surface area contributed by atoms with E-state index in [1.54, 1.807) is 11.0 Å². The zero-order valence-corrected chi connectivity index (χ0v) is 20.0. The number of para-hydroxylation sites is 1. The monoisotopic (exact) mass is 458 g/mol. The lowest BCUT2D eigenvalue weighted by Gasteiger charge is -2.41. The molecular formula is C26H38N2O5. The molecule has 1 aliphatic heterocycles. The number of nitrogens with one attached hydrogen (secondary N) is 1. The fourth-order valence-electron chi connectivity index (χ4n) is 4.81. The van der Waals surface area contributed by atoms with Crippen molar-refractivity contribution < 1.29 is 24.5 Å². The first-order chi connectivity index (χ1) is 15.9. The van der Waals surface area contributed by atoms with Crippen molar-refractivity contribution >= 4 is 11.8 Å². The molecular weight excluding hydrogens is 420 g/mol. The van der Waals surface area contributed by atoms with Crippen molar-refractivity contribution in [2.24, 2.45) is 5.92 Å². The van der Waals surface area contributed by atoms with Crippen molar-refractivity contribution in [1.82, 2.24) is 10.2 Å². The van der Waals surface area contributed by atoms with Crippen molar-refractivity contribution in [3.63, 3.8) is 0 Å². The molecule has 0 aromatic heterocycles. The lowest BCUT2D eigenvalue weighted by molar-refractivity contribution is -0.138. The minimum Gasteiger partial charge on any atom is -0.486 e. The molecule has 0 fully saturated rings. The molecule has 1 aromatic rings. The van der Waals surface area contributed by atoms with Crippen LogP contribution in [0.15, 0.2) is 35.9 Å². The highest BCUT2D eigenvalue weighted by molar-refractivity contribution is 5.96. The minimum atomic E-state index is -0.959. The van der Waals surface area contributed by atoms with Gasteiger partial charge in [0.25, 0.3) is 0 Å². The summed E-state index contributed by atoms with van der Waals surface area (Å²) in [6.45, 7) is 6.64. The van der Waals surface area contributed by atoms with E-state index >= 15 is 0 Å². The van der Waals surface area contributed by atoms with E-state index in [1.165, 1.54) is 0 Å². The first-order valence-electron chi connectivity index (χ1n) is 12.2. The third kappa shape index (κ3) is 5.76. The van der Waals surface area contributed by atoms with Gasteiger partial charge in [0.1, 0.15) is 18.0 Å². The average molecular weight is 459 g/mol. The predicted molar refractivity (Wildman–Crippen MR) is 127 cm³/mol. The summed E-state index contributed by atoms with van der Waals surface area (Å²) >= 11 is 0. The van der Waals surface area contributed by atoms with Crippen molar-refractivity contribution in [3.05, 3.63) is 41.5 Å². The highest BCUT2D eigenvalue weighted by Gasteiger charge is 2.50. The van der Waals surface area contributed by atoms with Gasteiger partial charge in [0.15, 0.2) is 0 Å². The summed E-state index contributed by atoms with van der Waals surface area (Å²) in [6, 6.07) is 6.85. The van der Waals surface area contributed by atoms with Crippen LogP contribution in [0.2, 0.25) is 0 Å². The molecule has 33 heavy (non-hydrogen) atoms. The third-order valence-corrected chi connectivity index (χ3v) is 6.39. The van der Waals surface area contributed by atoms with Gasteiger partial charge in [-0.05, 0) is 24.5 Å². The number of nitrogens with zero attached hydrogens (tertiary/aromatic N) is 1. The van der Waals surface area contributed by atoms with E-state index in [0.29, 0.717) is 24.3 Å². The number of hydrogen-bond acceptors (Lipinski definition) is 5. The normalized spacial score (nSPS) is 23.4. The van der Waals surface area contributed by atoms with Crippen LogP contribution >= 0.6 is 0 Å². The van der Waals surface area contributed by atoms with Crippen LogP contribution in [-0.4, -0.2) is 64.9 Å². The lowest BCUT2D eigenvalue weighted by Crippen LogP contribution is -2.56. The van der Waals surface area contributed by atoms with Gasteiger partial charge in [-0.3, -0.25) is 9.59 Å². The largest absolute Gasteiger partial charge is 0.486 e. The summed E-state index contributed by atoms with van der Waals surface area (Å²) in [4.78, 5) is 28.1. The van der Waals surface area contributed by atoms with Crippen molar-refractivity contribution in [1.29, 1.82) is 0 Å². The number of fused-ring (bicyclic) bond motifs is 3. The smallest absolute Gasteiger partial charge is 0.247 e. The van der Waals surface area contributed by atoms with Gasteiger partial charge in [0.2, 0.25) is 11.8 Å². The predicted octanol–water partition coefficient (Wildman–Crippen LogP) is 2.76. The molecule has 7 heteroatoms. The van der Waals surface area contributed by atoms with E-state index < -0.39 is 24.2 Å². The van der Waals surface area contributed by atoms with E-state index in [2.05, 4.69) is 12.2 Å². The van der Waals surface area contributed by atoms with E-state index in [0.717, 1.165) is 31.2 Å². The summed E-state index contributed by atoms with van der Waals surface area (Å²) in [6.07, 6.45) is 4.55. The van der Waals surface area contributed by atoms with Gasteiger partial charge >= 0.3 is 0 Å². The Labute approximate surface area is 196 Å². The second-order valence-corrected chi connectivity index (χ2v) is 9.43. The Bertz CT molecular complexity index is 853. The second-order valence-electron chi connectivity index (χ2n) is 9.43. The Balaban J connectivity index is 1.97. The maximum absolute atomic E-state index is 13.2. The van der Waals surface area contributed by atoms with Gasteiger partial charge in [0.05, 0.1) is 18.6 Å². The van der Waals surface area contributed by atoms with Gasteiger partial charge in [-0.15, -0.1) is 0 Å². The number of hydrogen-bond donors (Lipinski definition) is 3. The number of amides is 2. The zero-order chi connectivity index (χ0) is 24.0. The fourth-order valence-corrected chi connectivity index (χ4v) is 4.81. The highest BCUT2D eigenvalue weighted by Crippen LogP contribution is 2.47. The van der Waals surface area contributed by atoms with E-state index in [1.807, 2.05) is 38.1 Å². The van der Waals surface area contributed by atoms with Crippen LogP contribution in [0.3, 0.4) is 0 Å². The Morgan fingerprint density at radius 3 is 2.64 bits per heavy atom. The first kappa shape index (κ1) is 25.2. The Hall–Kier alpha value is -2.38. The van der Waals surface area contributed by atoms with Gasteiger partial charge in [0, 0.05) is 30.6 Å². The number of benzene rings is 1. The standard InChI is InChI=1S/C26H38N2O5/c1-4-5-6-9-13-28(22(30)15-17(2)3)20-16-19(26(32)27-12-14-29)23-18-10-7-8-11-21(18)33-25(23)24(20)31/h7-8,10-11,16-17,20,23-25,29,31H,4-6,9,12-15H2,1-3H3,(H,27,32). The third-order valence-electron chi connectivity index (χ3n) is 6.39. The summed E-state index contributed by atoms with van der Waals surface area (Å²) in [5.74, 6) is 0.0844. The van der Waals surface area contributed by atoms with E-state index in [-0.39, 0.29) is 30.9 Å². The number of aliphatic hydroxyl groups excluding tert-OH is 2. The van der Waals surface area contributed by atoms with Gasteiger partial charge in [-0.2, -0.15) is 0 Å². The molecule has 4 atom stereocenters. The van der Waals surface area contributed by atoms with Gasteiger partial charge in [-0.1, -0.05) is 58.2 Å². The van der Waals surface area contributed by atoms with Crippen LogP contribution in [0.1, 0.15) is 64.4 Å². The molecule has 2 amide bonds. The molecule has 1 aliphatic carbocycles. The molecule has 0 spiro atoms. The molecule has 0 bridgehead atoms. The molecule has 7 nitrogen and oxygen atoms in total. The summed E-state index contributed by atoms with van der Waals surface area (Å²) in [5.41, 5.74) is 1.33. The molecule has 0 radical (unpaired) electrons. The molecule has 1 aromatic carbocycles. The Morgan fingerprint density at radius 1 is 1.18 bits per heavy atom. The molecule has 1 heterocycles. The van der Waals surface area contributed by atoms with Crippen LogP contribution in [0.5, 0.6) is 5.75 Å². The second kappa shape index (κ2) is 11.7. The number of carbonyl (C=O) groups is 2. The number of carbonyl (C=O) groups excluding carboxylic acids is 2. The zero-order valence-electron chi connectivity index (χ0n) is 20.0. The van der Waals surface area contributed by atoms with Crippen LogP contribution in [-0.2, 0) is 9.59 Å². The molecule has 182 valence electrons. The van der Waals surface area contributed by atoms with Crippen LogP contribution in [0.4, 0.5) is 0 Å². The quantitative estimate of drug-likeness (QED) is 0.443. The number of aliphatic hydroxyl groups is 2. The van der Waals surface area contributed by atoms with Crippen molar-refractivity contribution in [3.8, 4) is 5.75 Å². The van der Waals surface area contributed by atoms with Crippen molar-refractivity contribution in [2.45, 2.75) is 77.0 Å². The minimum absolute atomic E-state index is 0.0223. The Kier molecular flexibility index (Phi) is 8.92. The fraction of sp³-hybridized carbons (Fsp3) is 0.615. The SMILES string of the molecule is CCCCCCN(C(=O)CC(C)C)C1C=C(C(=O)NCCO)C2c3ccccc3OC2C1O. The van der Waals surface area contributed by atoms with Gasteiger partial charge in [-0.25, -0.2) is 0 Å². The highest BCUT2D eigenvalue weighted by atomic mass is 16.5. The van der Waals surface area contributed by atoms with E-state index in [9.17, 15) is 19.8 Å². The average Bonchev–Trinajstić information content (AvgIpc) is 3.18. The van der Waals surface area contributed by atoms with Gasteiger partial charge < -0.3 is 25.2 Å². The van der Waals surface area contributed by atoms with Crippen LogP contribution in [0, 0.1) is 5.92 Å². The van der Waals surface area contributed by atoms with Crippen LogP contribution in [0.25, 0.3) is 0 Å². The first-order valence-corrected chi connectivity index (χ1v) is 12.2. The number of unbranched alkanes of at least 4 members (excludes halogenated alkanes) is 3. The summed E-state index contributed by atoms with van der Waals surface area (Å²) < 4.78 is 6.13. The van der Waals surface area contributed by atoms with Crippen molar-refractivity contribution in [2.75, 3.05) is 19.7 Å². The molecule has 0 saturated carbocycles. The molecule has 4 unspecified atom stereocenters. The van der Waals surface area contributed by atoms with Crippen LogP contribution < -0.4 is 10.1 Å². The maximum atomic E-state index is 13.2.